The van der Waals surface area contributed by atoms with Crippen molar-refractivity contribution in [1.82, 2.24) is 0 Å². The Morgan fingerprint density at radius 2 is 1.75 bits per heavy atom. The number of pyridine rings is 1. The molecule has 1 aromatic heterocycles. The highest BCUT2D eigenvalue weighted by molar-refractivity contribution is 5.90. The molecule has 130 valence electrons. The van der Waals surface area contributed by atoms with Crippen molar-refractivity contribution in [1.29, 1.82) is 0 Å². The summed E-state index contributed by atoms with van der Waals surface area (Å²) in [6.45, 7) is 0.803. The lowest BCUT2D eigenvalue weighted by Gasteiger charge is -2.09. The third kappa shape index (κ3) is 6.70. The van der Waals surface area contributed by atoms with Crippen molar-refractivity contribution in [3.8, 4) is 0 Å². The Labute approximate surface area is 149 Å². The second kappa shape index (κ2) is 9.42. The number of anilines is 1. The highest BCUT2D eigenvalue weighted by Crippen LogP contribution is 2.30. The van der Waals surface area contributed by atoms with E-state index in [9.17, 15) is 18.0 Å². The van der Waals surface area contributed by atoms with Gasteiger partial charge in [-0.1, -0.05) is 12.1 Å². The van der Waals surface area contributed by atoms with Gasteiger partial charge in [0.2, 0.25) is 5.91 Å². The minimum atomic E-state index is -4.41. The molecule has 2 rings (SSSR count). The zero-order valence-corrected chi connectivity index (χ0v) is 14.5. The van der Waals surface area contributed by atoms with Crippen LogP contribution in [-0.2, 0) is 17.5 Å². The number of carbonyl (C=O) groups is 1. The fraction of sp³-hybridized carbons (Fsp3) is 0.294. The zero-order chi connectivity index (χ0) is 16.7. The number of hydrogen-bond donors (Lipinski definition) is 1. The number of nitrogens with one attached hydrogen (secondary N) is 1. The van der Waals surface area contributed by atoms with Gasteiger partial charge >= 0.3 is 6.18 Å². The number of unbranched alkanes of at least 4 members (excludes halogenated alkanes) is 1. The van der Waals surface area contributed by atoms with Gasteiger partial charge in [0, 0.05) is 30.7 Å². The third-order valence-corrected chi connectivity index (χ3v) is 3.32. The molecule has 0 atom stereocenters. The summed E-state index contributed by atoms with van der Waals surface area (Å²) in [4.78, 5) is 11.8. The van der Waals surface area contributed by atoms with Crippen molar-refractivity contribution in [2.24, 2.45) is 0 Å². The van der Waals surface area contributed by atoms with Gasteiger partial charge in [0.15, 0.2) is 12.4 Å². The van der Waals surface area contributed by atoms with E-state index in [1.807, 2.05) is 35.2 Å². The first-order chi connectivity index (χ1) is 10.9. The molecular formula is C17H18BrF3N2O. The SMILES string of the molecule is O=C(CCCC[n+]1ccccc1)Nc1cccc(C(F)(F)F)c1.[Br-]. The van der Waals surface area contributed by atoms with Crippen LogP contribution >= 0.6 is 0 Å². The lowest BCUT2D eigenvalue weighted by Crippen LogP contribution is -3.00. The van der Waals surface area contributed by atoms with Crippen molar-refractivity contribution in [2.75, 3.05) is 5.32 Å². The number of nitrogens with zero attached hydrogens (tertiary/aromatic N) is 1. The molecule has 1 amide bonds. The maximum atomic E-state index is 12.6. The van der Waals surface area contributed by atoms with E-state index in [0.29, 0.717) is 6.42 Å². The summed E-state index contributed by atoms with van der Waals surface area (Å²) in [5.74, 6) is -0.276. The number of alkyl halides is 3. The van der Waals surface area contributed by atoms with Crippen LogP contribution in [0.4, 0.5) is 18.9 Å². The molecule has 7 heteroatoms. The Kier molecular flexibility index (Phi) is 7.91. The van der Waals surface area contributed by atoms with Gasteiger partial charge in [0.05, 0.1) is 5.56 Å². The predicted octanol–water partition coefficient (Wildman–Crippen LogP) is 0.806. The summed E-state index contributed by atoms with van der Waals surface area (Å²) in [5.41, 5.74) is -0.599. The van der Waals surface area contributed by atoms with E-state index in [-0.39, 0.29) is 35.0 Å². The predicted molar refractivity (Wildman–Crippen MR) is 80.6 cm³/mol. The van der Waals surface area contributed by atoms with Crippen molar-refractivity contribution < 1.29 is 39.5 Å². The standard InChI is InChI=1S/C17H17F3N2O.BrH/c18-17(19,20)14-7-6-8-15(13-14)21-16(23)9-2-5-12-22-10-3-1-4-11-22;/h1,3-4,6-8,10-11,13H,2,5,9,12H2;1H. The lowest BCUT2D eigenvalue weighted by molar-refractivity contribution is -0.697. The molecular weight excluding hydrogens is 385 g/mol. The molecule has 0 bridgehead atoms. The molecule has 0 saturated carbocycles. The number of amides is 1. The van der Waals surface area contributed by atoms with E-state index in [1.165, 1.54) is 12.1 Å². The van der Waals surface area contributed by atoms with E-state index in [2.05, 4.69) is 5.32 Å². The van der Waals surface area contributed by atoms with Gasteiger partial charge < -0.3 is 22.3 Å². The van der Waals surface area contributed by atoms with Gasteiger partial charge in [-0.15, -0.1) is 0 Å². The molecule has 0 aliphatic carbocycles. The zero-order valence-electron chi connectivity index (χ0n) is 12.9. The average molecular weight is 403 g/mol. The molecule has 0 aliphatic rings. The second-order valence-electron chi connectivity index (χ2n) is 5.20. The fourth-order valence-electron chi connectivity index (χ4n) is 2.16. The monoisotopic (exact) mass is 402 g/mol. The molecule has 0 radical (unpaired) electrons. The summed E-state index contributed by atoms with van der Waals surface area (Å²) >= 11 is 0. The van der Waals surface area contributed by atoms with E-state index < -0.39 is 11.7 Å². The average Bonchev–Trinajstić information content (AvgIpc) is 2.52. The number of carbonyl (C=O) groups excluding carboxylic acids is 1. The van der Waals surface area contributed by atoms with Gasteiger partial charge in [0.25, 0.3) is 0 Å². The minimum Gasteiger partial charge on any atom is -1.00 e. The molecule has 2 aromatic rings. The van der Waals surface area contributed by atoms with Crippen LogP contribution in [0.25, 0.3) is 0 Å². The Morgan fingerprint density at radius 1 is 1.04 bits per heavy atom. The Balaban J connectivity index is 0.00000288. The highest BCUT2D eigenvalue weighted by atomic mass is 79.9. The van der Waals surface area contributed by atoms with Gasteiger partial charge in [-0.05, 0) is 24.6 Å². The lowest BCUT2D eigenvalue weighted by atomic mass is 10.2. The molecule has 24 heavy (non-hydrogen) atoms. The number of benzene rings is 1. The maximum absolute atomic E-state index is 12.6. The smallest absolute Gasteiger partial charge is 0.416 e. The molecule has 0 unspecified atom stereocenters. The molecule has 1 heterocycles. The van der Waals surface area contributed by atoms with E-state index >= 15 is 0 Å². The van der Waals surface area contributed by atoms with Crippen LogP contribution in [0.5, 0.6) is 0 Å². The minimum absolute atomic E-state index is 0. The first-order valence-corrected chi connectivity index (χ1v) is 7.36. The molecule has 1 aromatic carbocycles. The van der Waals surface area contributed by atoms with Crippen LogP contribution in [0, 0.1) is 0 Å². The number of hydrogen-bond acceptors (Lipinski definition) is 1. The number of aryl methyl sites for hydroxylation is 1. The van der Waals surface area contributed by atoms with Crippen LogP contribution in [0.2, 0.25) is 0 Å². The van der Waals surface area contributed by atoms with Crippen molar-refractivity contribution in [3.63, 3.8) is 0 Å². The Hall–Kier alpha value is -1.89. The van der Waals surface area contributed by atoms with E-state index in [1.54, 1.807) is 0 Å². The largest absolute Gasteiger partial charge is 1.00 e. The number of halogens is 4. The molecule has 0 aliphatic heterocycles. The van der Waals surface area contributed by atoms with Crippen LogP contribution in [0.15, 0.2) is 54.9 Å². The fourth-order valence-corrected chi connectivity index (χ4v) is 2.16. The summed E-state index contributed by atoms with van der Waals surface area (Å²) < 4.78 is 39.8. The van der Waals surface area contributed by atoms with Crippen molar-refractivity contribution in [3.05, 3.63) is 60.4 Å². The summed E-state index contributed by atoms with van der Waals surface area (Å²) in [6.07, 6.45) is 1.26. The normalized spacial score (nSPS) is 10.8. The van der Waals surface area contributed by atoms with Crippen LogP contribution < -0.4 is 26.9 Å². The topological polar surface area (TPSA) is 33.0 Å². The van der Waals surface area contributed by atoms with Gasteiger partial charge in [-0.25, -0.2) is 4.57 Å². The molecule has 0 spiro atoms. The maximum Gasteiger partial charge on any atom is 0.416 e. The van der Waals surface area contributed by atoms with Crippen LogP contribution in [0.3, 0.4) is 0 Å². The third-order valence-electron chi connectivity index (χ3n) is 3.32. The Bertz CT molecular complexity index is 648. The van der Waals surface area contributed by atoms with Gasteiger partial charge in [-0.3, -0.25) is 4.79 Å². The quantitative estimate of drug-likeness (QED) is 0.562. The highest BCUT2D eigenvalue weighted by Gasteiger charge is 2.30. The van der Waals surface area contributed by atoms with E-state index in [4.69, 9.17) is 0 Å². The number of aromatic nitrogens is 1. The Morgan fingerprint density at radius 3 is 2.42 bits per heavy atom. The summed E-state index contributed by atoms with van der Waals surface area (Å²) in [7, 11) is 0. The first-order valence-electron chi connectivity index (χ1n) is 7.36. The first kappa shape index (κ1) is 20.2. The summed E-state index contributed by atoms with van der Waals surface area (Å²) in [6, 6.07) is 10.4. The molecule has 3 nitrogen and oxygen atoms in total. The van der Waals surface area contributed by atoms with Crippen LogP contribution in [-0.4, -0.2) is 5.91 Å². The molecule has 0 fully saturated rings. The van der Waals surface area contributed by atoms with Crippen molar-refractivity contribution in [2.45, 2.75) is 32.0 Å². The van der Waals surface area contributed by atoms with Gasteiger partial charge in [0.1, 0.15) is 6.54 Å². The summed E-state index contributed by atoms with van der Waals surface area (Å²) in [5, 5.41) is 2.51. The number of rotatable bonds is 6. The van der Waals surface area contributed by atoms with Crippen LogP contribution in [0.1, 0.15) is 24.8 Å². The molecule has 1 N–H and O–H groups in total. The second-order valence-corrected chi connectivity index (χ2v) is 5.20. The van der Waals surface area contributed by atoms with E-state index in [0.717, 1.165) is 25.1 Å². The van der Waals surface area contributed by atoms with Gasteiger partial charge in [-0.2, -0.15) is 13.2 Å². The van der Waals surface area contributed by atoms with Crippen molar-refractivity contribution >= 4 is 11.6 Å². The molecule has 0 saturated heterocycles.